The van der Waals surface area contributed by atoms with Crippen LogP contribution in [-0.4, -0.2) is 45.8 Å². The molecular weight excluding hydrogens is 304 g/mol. The molecular formula is C20H32O4. The van der Waals surface area contributed by atoms with Crippen molar-refractivity contribution in [1.29, 1.82) is 0 Å². The van der Waals surface area contributed by atoms with E-state index in [1.807, 2.05) is 32.1 Å². The molecule has 24 heavy (non-hydrogen) atoms. The van der Waals surface area contributed by atoms with Crippen LogP contribution < -0.4 is 0 Å². The van der Waals surface area contributed by atoms with Crippen LogP contribution in [0.2, 0.25) is 0 Å². The molecule has 0 amide bonds. The summed E-state index contributed by atoms with van der Waals surface area (Å²) in [5.74, 6) is 0.108. The molecule has 0 aromatic carbocycles. The van der Waals surface area contributed by atoms with Gasteiger partial charge in [-0.3, -0.25) is 0 Å². The van der Waals surface area contributed by atoms with Gasteiger partial charge in [-0.2, -0.15) is 0 Å². The number of ether oxygens (including phenoxy) is 1. The quantitative estimate of drug-likeness (QED) is 0.693. The van der Waals surface area contributed by atoms with Crippen LogP contribution in [0.4, 0.5) is 0 Å². The lowest BCUT2D eigenvalue weighted by atomic mass is 9.63. The second-order valence-electron chi connectivity index (χ2n) is 8.77. The largest absolute Gasteiger partial charge is 0.393 e. The highest BCUT2D eigenvalue weighted by atomic mass is 16.5. The summed E-state index contributed by atoms with van der Waals surface area (Å²) in [5, 5.41) is 32.0. The molecule has 0 aromatic heterocycles. The number of hydrogen-bond donors (Lipinski definition) is 3. The fourth-order valence-corrected chi connectivity index (χ4v) is 5.27. The monoisotopic (exact) mass is 336 g/mol. The number of hydrogen-bond acceptors (Lipinski definition) is 4. The molecule has 4 heteroatoms. The summed E-state index contributed by atoms with van der Waals surface area (Å²) in [7, 11) is 0. The van der Waals surface area contributed by atoms with E-state index in [1.54, 1.807) is 0 Å². The normalized spacial score (nSPS) is 48.2. The Morgan fingerprint density at radius 1 is 1.21 bits per heavy atom. The first-order valence-corrected chi connectivity index (χ1v) is 9.23. The van der Waals surface area contributed by atoms with Gasteiger partial charge in [0.1, 0.15) is 5.60 Å². The van der Waals surface area contributed by atoms with E-state index in [4.69, 9.17) is 4.74 Å². The lowest BCUT2D eigenvalue weighted by molar-refractivity contribution is -0.127. The maximum atomic E-state index is 11.4. The highest BCUT2D eigenvalue weighted by molar-refractivity contribution is 5.20. The van der Waals surface area contributed by atoms with Crippen molar-refractivity contribution in [1.82, 2.24) is 0 Å². The van der Waals surface area contributed by atoms with Gasteiger partial charge in [0, 0.05) is 11.8 Å². The van der Waals surface area contributed by atoms with Gasteiger partial charge in [0.25, 0.3) is 0 Å². The highest BCUT2D eigenvalue weighted by Gasteiger charge is 2.61. The Morgan fingerprint density at radius 2 is 1.96 bits per heavy atom. The zero-order chi connectivity index (χ0) is 17.6. The minimum absolute atomic E-state index is 0.0235. The van der Waals surface area contributed by atoms with Gasteiger partial charge < -0.3 is 20.1 Å². The summed E-state index contributed by atoms with van der Waals surface area (Å²) in [5.41, 5.74) is -0.552. The van der Waals surface area contributed by atoms with Crippen molar-refractivity contribution in [3.05, 3.63) is 23.8 Å². The van der Waals surface area contributed by atoms with Gasteiger partial charge in [-0.1, -0.05) is 30.7 Å². The first-order valence-electron chi connectivity index (χ1n) is 9.23. The third-order valence-corrected chi connectivity index (χ3v) is 6.78. The third kappa shape index (κ3) is 2.88. The smallest absolute Gasteiger partial charge is 0.113 e. The minimum Gasteiger partial charge on any atom is -0.393 e. The molecule has 1 saturated heterocycles. The Morgan fingerprint density at radius 3 is 2.62 bits per heavy atom. The molecule has 0 spiro atoms. The van der Waals surface area contributed by atoms with Crippen LogP contribution in [0, 0.1) is 17.3 Å². The number of allylic oxidation sites excluding steroid dienone is 3. The molecule has 0 radical (unpaired) electrons. The summed E-state index contributed by atoms with van der Waals surface area (Å²) in [6.45, 7) is 6.58. The van der Waals surface area contributed by atoms with Gasteiger partial charge >= 0.3 is 0 Å². The Labute approximate surface area is 145 Å². The Balaban J connectivity index is 1.93. The van der Waals surface area contributed by atoms with Gasteiger partial charge in [0.2, 0.25) is 0 Å². The molecule has 1 heterocycles. The van der Waals surface area contributed by atoms with E-state index in [9.17, 15) is 15.3 Å². The van der Waals surface area contributed by atoms with E-state index < -0.39 is 11.2 Å². The van der Waals surface area contributed by atoms with Crippen LogP contribution in [0.1, 0.15) is 52.9 Å². The van der Waals surface area contributed by atoms with Gasteiger partial charge in [0.05, 0.1) is 24.9 Å². The maximum absolute atomic E-state index is 11.4. The van der Waals surface area contributed by atoms with Crippen LogP contribution >= 0.6 is 0 Å². The van der Waals surface area contributed by atoms with Crippen molar-refractivity contribution in [2.75, 3.05) is 13.2 Å². The fraction of sp³-hybridized carbons (Fsp3) is 0.800. The topological polar surface area (TPSA) is 69.9 Å². The first kappa shape index (κ1) is 18.1. The molecule has 2 aliphatic carbocycles. The molecule has 3 N–H and O–H groups in total. The molecule has 136 valence electrons. The van der Waals surface area contributed by atoms with Gasteiger partial charge in [-0.25, -0.2) is 0 Å². The van der Waals surface area contributed by atoms with Crippen LogP contribution in [0.15, 0.2) is 23.8 Å². The molecule has 6 atom stereocenters. The maximum Gasteiger partial charge on any atom is 0.113 e. The molecule has 3 aliphatic rings. The summed E-state index contributed by atoms with van der Waals surface area (Å²) >= 11 is 0. The van der Waals surface area contributed by atoms with Crippen LogP contribution in [0.5, 0.6) is 0 Å². The highest BCUT2D eigenvalue weighted by Crippen LogP contribution is 2.57. The molecule has 2 saturated carbocycles. The van der Waals surface area contributed by atoms with Crippen LogP contribution in [0.3, 0.4) is 0 Å². The molecule has 0 unspecified atom stereocenters. The summed E-state index contributed by atoms with van der Waals surface area (Å²) in [4.78, 5) is 0. The van der Waals surface area contributed by atoms with E-state index in [1.165, 1.54) is 5.57 Å². The zero-order valence-electron chi connectivity index (χ0n) is 15.2. The predicted octanol–water partition coefficient (Wildman–Crippen LogP) is 2.58. The van der Waals surface area contributed by atoms with Crippen molar-refractivity contribution in [2.24, 2.45) is 17.3 Å². The van der Waals surface area contributed by atoms with E-state index in [-0.39, 0.29) is 30.0 Å². The van der Waals surface area contributed by atoms with Crippen LogP contribution in [0.25, 0.3) is 0 Å². The first-order chi connectivity index (χ1) is 11.2. The number of rotatable bonds is 3. The molecule has 2 bridgehead atoms. The summed E-state index contributed by atoms with van der Waals surface area (Å²) < 4.78 is 6.10. The van der Waals surface area contributed by atoms with E-state index in [2.05, 4.69) is 6.92 Å². The summed E-state index contributed by atoms with van der Waals surface area (Å²) in [6, 6.07) is 0. The number of fused-ring (bicyclic) bond motifs is 4. The van der Waals surface area contributed by atoms with Crippen molar-refractivity contribution in [2.45, 2.75) is 70.2 Å². The van der Waals surface area contributed by atoms with E-state index >= 15 is 0 Å². The van der Waals surface area contributed by atoms with Gasteiger partial charge in [0.15, 0.2) is 0 Å². The van der Waals surface area contributed by atoms with E-state index in [0.29, 0.717) is 25.9 Å². The summed E-state index contributed by atoms with van der Waals surface area (Å²) in [6.07, 6.45) is 9.23. The van der Waals surface area contributed by atoms with Gasteiger partial charge in [-0.05, 0) is 51.4 Å². The SMILES string of the molecule is CC(C)=C/C=C/[C@@]1(CO)OC[C@@H]2[C@@H]1CC[C@@]1(C)C[C@]2(O)CC[C@@H]1O. The van der Waals surface area contributed by atoms with Gasteiger partial charge in [-0.15, -0.1) is 0 Å². The second-order valence-corrected chi connectivity index (χ2v) is 8.77. The Bertz CT molecular complexity index is 538. The van der Waals surface area contributed by atoms with Crippen LogP contribution in [-0.2, 0) is 4.74 Å². The fourth-order valence-electron chi connectivity index (χ4n) is 5.27. The predicted molar refractivity (Wildman–Crippen MR) is 93.5 cm³/mol. The average Bonchev–Trinajstić information content (AvgIpc) is 2.84. The lowest BCUT2D eigenvalue weighted by Crippen LogP contribution is -2.51. The van der Waals surface area contributed by atoms with Crippen molar-refractivity contribution >= 4 is 0 Å². The molecule has 3 rings (SSSR count). The number of aliphatic hydroxyl groups excluding tert-OH is 2. The molecule has 1 aliphatic heterocycles. The number of aliphatic hydroxyl groups is 3. The minimum atomic E-state index is -0.795. The molecule has 4 nitrogen and oxygen atoms in total. The second kappa shape index (κ2) is 6.24. The zero-order valence-corrected chi connectivity index (χ0v) is 15.2. The van der Waals surface area contributed by atoms with Crippen molar-refractivity contribution in [3.63, 3.8) is 0 Å². The lowest BCUT2D eigenvalue weighted by Gasteiger charge is -2.47. The molecule has 0 aromatic rings. The van der Waals surface area contributed by atoms with Crippen molar-refractivity contribution < 1.29 is 20.1 Å². The third-order valence-electron chi connectivity index (χ3n) is 6.78. The van der Waals surface area contributed by atoms with E-state index in [0.717, 1.165) is 12.8 Å². The standard InChI is InChI=1S/C20H32O4/c1-14(2)5-4-8-20(13-21)15-6-9-18(3)12-19(23,10-7-17(18)22)16(15)11-24-20/h4-5,8,15-17,21-23H,6-7,9-13H2,1-3H3/b8-4+/t15-,16+,17-,18-,19+,20-/m0/s1. The molecule has 3 fully saturated rings. The Hall–Kier alpha value is -0.680. The average molecular weight is 336 g/mol. The Kier molecular flexibility index (Phi) is 4.71. The van der Waals surface area contributed by atoms with Crippen molar-refractivity contribution in [3.8, 4) is 0 Å².